The van der Waals surface area contributed by atoms with Gasteiger partial charge in [-0.05, 0) is 35.2 Å². The molecule has 4 aromatic rings. The van der Waals surface area contributed by atoms with E-state index in [4.69, 9.17) is 0 Å². The number of carbonyl (C=O) groups excluding carboxylic acids is 1. The molecule has 1 amide bonds. The topological polar surface area (TPSA) is 82.7 Å². The molecule has 2 heterocycles. The van der Waals surface area contributed by atoms with Crippen LogP contribution in [0.4, 0.5) is 0 Å². The maximum atomic E-state index is 12.4. The van der Waals surface area contributed by atoms with E-state index in [0.29, 0.717) is 17.6 Å². The molecule has 4 rings (SSSR count). The average Bonchev–Trinajstić information content (AvgIpc) is 3.17. The van der Waals surface area contributed by atoms with E-state index in [9.17, 15) is 9.59 Å². The zero-order valence-electron chi connectivity index (χ0n) is 13.1. The van der Waals surface area contributed by atoms with Crippen molar-refractivity contribution < 1.29 is 4.79 Å². The van der Waals surface area contributed by atoms with E-state index in [1.807, 2.05) is 30.5 Å². The first-order chi connectivity index (χ1) is 11.6. The van der Waals surface area contributed by atoms with Gasteiger partial charge in [0.2, 0.25) is 0 Å². The van der Waals surface area contributed by atoms with Gasteiger partial charge in [0.1, 0.15) is 0 Å². The molecule has 120 valence electrons. The van der Waals surface area contributed by atoms with Crippen molar-refractivity contribution >= 4 is 27.8 Å². The second-order valence-electron chi connectivity index (χ2n) is 5.76. The summed E-state index contributed by atoms with van der Waals surface area (Å²) in [4.78, 5) is 30.0. The van der Waals surface area contributed by atoms with E-state index in [1.54, 1.807) is 25.2 Å². The lowest BCUT2D eigenvalue weighted by molar-refractivity contribution is 0.0951. The SMILES string of the molecule is Cn1c(=O)[nH]c2cc(C(=O)NCc3cccc4cc[nH]c34)ccc21. The Bertz CT molecular complexity index is 1120. The molecule has 0 fully saturated rings. The van der Waals surface area contributed by atoms with Crippen molar-refractivity contribution in [2.24, 2.45) is 7.05 Å². The van der Waals surface area contributed by atoms with Crippen LogP contribution in [0.1, 0.15) is 15.9 Å². The summed E-state index contributed by atoms with van der Waals surface area (Å²) < 4.78 is 1.52. The normalized spacial score (nSPS) is 11.2. The van der Waals surface area contributed by atoms with Crippen LogP contribution in [0.3, 0.4) is 0 Å². The van der Waals surface area contributed by atoms with E-state index in [1.165, 1.54) is 4.57 Å². The Hall–Kier alpha value is -3.28. The van der Waals surface area contributed by atoms with Gasteiger partial charge in [-0.3, -0.25) is 9.36 Å². The van der Waals surface area contributed by atoms with Gasteiger partial charge in [0.05, 0.1) is 16.6 Å². The number of imidazole rings is 1. The van der Waals surface area contributed by atoms with Gasteiger partial charge in [0, 0.05) is 25.4 Å². The molecule has 0 unspecified atom stereocenters. The molecule has 0 aliphatic carbocycles. The van der Waals surface area contributed by atoms with Crippen molar-refractivity contribution in [2.75, 3.05) is 0 Å². The van der Waals surface area contributed by atoms with Crippen molar-refractivity contribution in [3.05, 3.63) is 70.3 Å². The summed E-state index contributed by atoms with van der Waals surface area (Å²) >= 11 is 0. The van der Waals surface area contributed by atoms with Crippen LogP contribution in [0.25, 0.3) is 21.9 Å². The van der Waals surface area contributed by atoms with E-state index in [-0.39, 0.29) is 11.6 Å². The Morgan fingerprint density at radius 1 is 1.21 bits per heavy atom. The highest BCUT2D eigenvalue weighted by atomic mass is 16.2. The van der Waals surface area contributed by atoms with Crippen LogP contribution in [-0.2, 0) is 13.6 Å². The van der Waals surface area contributed by atoms with Crippen LogP contribution in [0, 0.1) is 0 Å². The van der Waals surface area contributed by atoms with Crippen LogP contribution in [0.15, 0.2) is 53.5 Å². The summed E-state index contributed by atoms with van der Waals surface area (Å²) in [5, 5.41) is 4.04. The number of H-pyrrole nitrogens is 2. The number of fused-ring (bicyclic) bond motifs is 2. The summed E-state index contributed by atoms with van der Waals surface area (Å²) in [5.74, 6) is -0.176. The number of benzene rings is 2. The lowest BCUT2D eigenvalue weighted by Crippen LogP contribution is -2.22. The van der Waals surface area contributed by atoms with Gasteiger partial charge < -0.3 is 15.3 Å². The monoisotopic (exact) mass is 320 g/mol. The molecule has 0 saturated carbocycles. The molecule has 0 aliphatic rings. The summed E-state index contributed by atoms with van der Waals surface area (Å²) in [6.45, 7) is 0.431. The second kappa shape index (κ2) is 5.42. The van der Waals surface area contributed by atoms with Crippen molar-refractivity contribution in [2.45, 2.75) is 6.54 Å². The number of aromatic amines is 2. The first-order valence-corrected chi connectivity index (χ1v) is 7.65. The number of para-hydroxylation sites is 1. The average molecular weight is 320 g/mol. The van der Waals surface area contributed by atoms with E-state index in [0.717, 1.165) is 22.0 Å². The third-order valence-corrected chi connectivity index (χ3v) is 4.28. The molecular formula is C18H16N4O2. The largest absolute Gasteiger partial charge is 0.361 e. The standard InChI is InChI=1S/C18H16N4O2/c1-22-15-6-5-12(9-14(15)21-18(22)24)17(23)20-10-13-4-2-3-11-7-8-19-16(11)13/h2-9,19H,10H2,1H3,(H,20,23)(H,21,24). The first kappa shape index (κ1) is 14.3. The predicted octanol–water partition coefficient (Wildman–Crippen LogP) is 2.28. The number of amides is 1. The van der Waals surface area contributed by atoms with Crippen LogP contribution in [0.5, 0.6) is 0 Å². The minimum Gasteiger partial charge on any atom is -0.361 e. The maximum absolute atomic E-state index is 12.4. The zero-order chi connectivity index (χ0) is 16.7. The summed E-state index contributed by atoms with van der Waals surface area (Å²) in [5.41, 5.74) is 3.80. The van der Waals surface area contributed by atoms with Gasteiger partial charge in [-0.2, -0.15) is 0 Å². The van der Waals surface area contributed by atoms with Gasteiger partial charge in [-0.1, -0.05) is 18.2 Å². The van der Waals surface area contributed by atoms with Crippen LogP contribution in [-0.4, -0.2) is 20.4 Å². The van der Waals surface area contributed by atoms with Crippen molar-refractivity contribution in [1.82, 2.24) is 19.9 Å². The van der Waals surface area contributed by atoms with Gasteiger partial charge in [0.25, 0.3) is 5.91 Å². The third-order valence-electron chi connectivity index (χ3n) is 4.28. The number of nitrogens with one attached hydrogen (secondary N) is 3. The number of aromatic nitrogens is 3. The summed E-state index contributed by atoms with van der Waals surface area (Å²) in [6, 6.07) is 13.2. The maximum Gasteiger partial charge on any atom is 0.326 e. The van der Waals surface area contributed by atoms with Gasteiger partial charge in [-0.15, -0.1) is 0 Å². The Kier molecular flexibility index (Phi) is 3.23. The molecule has 6 heteroatoms. The molecule has 0 radical (unpaired) electrons. The highest BCUT2D eigenvalue weighted by molar-refractivity contribution is 5.97. The fourth-order valence-electron chi connectivity index (χ4n) is 2.95. The van der Waals surface area contributed by atoms with Crippen LogP contribution in [0.2, 0.25) is 0 Å². The molecule has 0 spiro atoms. The third kappa shape index (κ3) is 2.28. The first-order valence-electron chi connectivity index (χ1n) is 7.65. The fraction of sp³-hybridized carbons (Fsp3) is 0.111. The van der Waals surface area contributed by atoms with Gasteiger partial charge in [0.15, 0.2) is 0 Å². The molecule has 6 nitrogen and oxygen atoms in total. The minimum absolute atomic E-state index is 0.176. The lowest BCUT2D eigenvalue weighted by Gasteiger charge is -2.07. The predicted molar refractivity (Wildman–Crippen MR) is 93.0 cm³/mol. The van der Waals surface area contributed by atoms with E-state index in [2.05, 4.69) is 15.3 Å². The highest BCUT2D eigenvalue weighted by Gasteiger charge is 2.10. The Morgan fingerprint density at radius 3 is 2.96 bits per heavy atom. The lowest BCUT2D eigenvalue weighted by atomic mass is 10.1. The Balaban J connectivity index is 1.58. The molecular weight excluding hydrogens is 304 g/mol. The van der Waals surface area contributed by atoms with Crippen molar-refractivity contribution in [3.63, 3.8) is 0 Å². The Labute approximate surface area is 137 Å². The Morgan fingerprint density at radius 2 is 2.08 bits per heavy atom. The number of nitrogens with zero attached hydrogens (tertiary/aromatic N) is 1. The second-order valence-corrected chi connectivity index (χ2v) is 5.76. The number of hydrogen-bond acceptors (Lipinski definition) is 2. The molecule has 0 aliphatic heterocycles. The van der Waals surface area contributed by atoms with Crippen LogP contribution < -0.4 is 11.0 Å². The number of rotatable bonds is 3. The molecule has 3 N–H and O–H groups in total. The minimum atomic E-state index is -0.194. The number of carbonyl (C=O) groups is 1. The molecule has 0 atom stereocenters. The van der Waals surface area contributed by atoms with Crippen molar-refractivity contribution in [1.29, 1.82) is 0 Å². The van der Waals surface area contributed by atoms with Crippen LogP contribution >= 0.6 is 0 Å². The molecule has 0 saturated heterocycles. The number of aryl methyl sites for hydroxylation is 1. The molecule has 24 heavy (non-hydrogen) atoms. The fourth-order valence-corrected chi connectivity index (χ4v) is 2.95. The smallest absolute Gasteiger partial charge is 0.326 e. The highest BCUT2D eigenvalue weighted by Crippen LogP contribution is 2.17. The van der Waals surface area contributed by atoms with Crippen molar-refractivity contribution in [3.8, 4) is 0 Å². The van der Waals surface area contributed by atoms with Gasteiger partial charge in [-0.25, -0.2) is 4.79 Å². The molecule has 2 aromatic carbocycles. The number of hydrogen-bond donors (Lipinski definition) is 3. The van der Waals surface area contributed by atoms with E-state index >= 15 is 0 Å². The quantitative estimate of drug-likeness (QED) is 0.541. The summed E-state index contributed by atoms with van der Waals surface area (Å²) in [7, 11) is 1.69. The molecule has 0 bridgehead atoms. The zero-order valence-corrected chi connectivity index (χ0v) is 13.1. The van der Waals surface area contributed by atoms with E-state index < -0.39 is 0 Å². The molecule has 2 aromatic heterocycles. The van der Waals surface area contributed by atoms with Gasteiger partial charge >= 0.3 is 5.69 Å². The summed E-state index contributed by atoms with van der Waals surface area (Å²) in [6.07, 6.45) is 1.88.